The number of nitrogens with one attached hydrogen (secondary N) is 1. The molecule has 1 aliphatic rings. The minimum absolute atomic E-state index is 0.138. The number of carbonyl (C=O) groups excluding carboxylic acids is 1. The van der Waals surface area contributed by atoms with Crippen LogP contribution in [0.5, 0.6) is 11.5 Å². The number of methoxy groups -OCH3 is 2. The first-order chi connectivity index (χ1) is 12.5. The van der Waals surface area contributed by atoms with Crippen LogP contribution in [0.2, 0.25) is 0 Å². The van der Waals surface area contributed by atoms with Gasteiger partial charge in [-0.25, -0.2) is 4.68 Å². The molecule has 1 aromatic carbocycles. The molecular weight excluding hydrogens is 334 g/mol. The molecule has 0 saturated carbocycles. The average molecular weight is 357 g/mol. The van der Waals surface area contributed by atoms with Crippen molar-refractivity contribution in [3.05, 3.63) is 45.9 Å². The van der Waals surface area contributed by atoms with Crippen molar-refractivity contribution >= 4 is 11.6 Å². The predicted molar refractivity (Wildman–Crippen MR) is 97.9 cm³/mol. The van der Waals surface area contributed by atoms with Crippen LogP contribution < -0.4 is 20.3 Å². The van der Waals surface area contributed by atoms with E-state index in [4.69, 9.17) is 9.47 Å². The maximum absolute atomic E-state index is 12.4. The van der Waals surface area contributed by atoms with Gasteiger partial charge in [0.1, 0.15) is 18.0 Å². The van der Waals surface area contributed by atoms with Gasteiger partial charge in [0.2, 0.25) is 5.91 Å². The number of nitrogens with zero attached hydrogens (tertiary/aromatic N) is 2. The molecule has 3 rings (SSSR count). The fourth-order valence-corrected chi connectivity index (χ4v) is 3.14. The van der Waals surface area contributed by atoms with Crippen molar-refractivity contribution in [3.63, 3.8) is 0 Å². The van der Waals surface area contributed by atoms with E-state index in [-0.39, 0.29) is 18.0 Å². The molecule has 138 valence electrons. The van der Waals surface area contributed by atoms with Gasteiger partial charge in [-0.15, -0.1) is 0 Å². The Morgan fingerprint density at radius 2 is 1.92 bits per heavy atom. The second kappa shape index (κ2) is 7.59. The Kier molecular flexibility index (Phi) is 5.25. The van der Waals surface area contributed by atoms with Crippen LogP contribution in [0.3, 0.4) is 0 Å². The summed E-state index contributed by atoms with van der Waals surface area (Å²) in [4.78, 5) is 24.6. The predicted octanol–water partition coefficient (Wildman–Crippen LogP) is 2.02. The molecule has 0 spiro atoms. The quantitative estimate of drug-likeness (QED) is 0.885. The molecule has 7 nitrogen and oxygen atoms in total. The summed E-state index contributed by atoms with van der Waals surface area (Å²) in [5.74, 6) is 1.36. The van der Waals surface area contributed by atoms with Crippen LogP contribution in [0.1, 0.15) is 24.6 Å². The maximum atomic E-state index is 12.4. The summed E-state index contributed by atoms with van der Waals surface area (Å²) >= 11 is 0. The standard InChI is InChI=1S/C19H23N3O4/c1-12-4-5-17-13(6-12)7-19(24)22(21-17)11-18(23)20-14-8-15(25-2)10-16(9-14)26-3/h7-10,12H,4-6,11H2,1-3H3,(H,20,23). The smallest absolute Gasteiger partial charge is 0.267 e. The highest BCUT2D eigenvalue weighted by Gasteiger charge is 2.19. The lowest BCUT2D eigenvalue weighted by molar-refractivity contribution is -0.117. The maximum Gasteiger partial charge on any atom is 0.267 e. The normalized spacial score (nSPS) is 15.9. The molecule has 0 aliphatic heterocycles. The zero-order valence-corrected chi connectivity index (χ0v) is 15.2. The molecule has 1 heterocycles. The number of aromatic nitrogens is 2. The highest BCUT2D eigenvalue weighted by atomic mass is 16.5. The van der Waals surface area contributed by atoms with Crippen LogP contribution in [0.4, 0.5) is 5.69 Å². The van der Waals surface area contributed by atoms with Gasteiger partial charge in [-0.3, -0.25) is 9.59 Å². The fraction of sp³-hybridized carbons (Fsp3) is 0.421. The molecule has 2 aromatic rings. The lowest BCUT2D eigenvalue weighted by atomic mass is 9.88. The molecular formula is C19H23N3O4. The van der Waals surface area contributed by atoms with E-state index in [2.05, 4.69) is 17.3 Å². The number of fused-ring (bicyclic) bond motifs is 1. The van der Waals surface area contributed by atoms with Crippen LogP contribution in [-0.2, 0) is 24.2 Å². The molecule has 1 N–H and O–H groups in total. The highest BCUT2D eigenvalue weighted by molar-refractivity contribution is 5.91. The molecule has 1 atom stereocenters. The van der Waals surface area contributed by atoms with Gasteiger partial charge in [-0.1, -0.05) is 6.92 Å². The molecule has 0 fully saturated rings. The first kappa shape index (κ1) is 18.0. The molecule has 1 amide bonds. The summed E-state index contributed by atoms with van der Waals surface area (Å²) in [6, 6.07) is 6.70. The highest BCUT2D eigenvalue weighted by Crippen LogP contribution is 2.26. The van der Waals surface area contributed by atoms with Gasteiger partial charge in [0.15, 0.2) is 0 Å². The molecule has 1 aromatic heterocycles. The van der Waals surface area contributed by atoms with Crippen molar-refractivity contribution in [2.45, 2.75) is 32.7 Å². The molecule has 0 saturated heterocycles. The molecule has 1 aliphatic carbocycles. The Morgan fingerprint density at radius 1 is 1.23 bits per heavy atom. The molecule has 0 bridgehead atoms. The minimum Gasteiger partial charge on any atom is -0.497 e. The first-order valence-electron chi connectivity index (χ1n) is 8.61. The summed E-state index contributed by atoms with van der Waals surface area (Å²) in [5.41, 5.74) is 2.20. The van der Waals surface area contributed by atoms with E-state index in [1.807, 2.05) is 0 Å². The number of ether oxygens (including phenoxy) is 2. The molecule has 1 unspecified atom stereocenters. The van der Waals surface area contributed by atoms with Crippen LogP contribution in [-0.4, -0.2) is 29.9 Å². The average Bonchev–Trinajstić information content (AvgIpc) is 2.62. The number of hydrogen-bond donors (Lipinski definition) is 1. The van der Waals surface area contributed by atoms with E-state index in [9.17, 15) is 9.59 Å². The van der Waals surface area contributed by atoms with Crippen molar-refractivity contribution in [2.24, 2.45) is 5.92 Å². The van der Waals surface area contributed by atoms with Gasteiger partial charge in [0.05, 0.1) is 19.9 Å². The van der Waals surface area contributed by atoms with E-state index >= 15 is 0 Å². The Morgan fingerprint density at radius 3 is 2.58 bits per heavy atom. The summed E-state index contributed by atoms with van der Waals surface area (Å²) in [5, 5.41) is 7.15. The summed E-state index contributed by atoms with van der Waals surface area (Å²) in [7, 11) is 3.08. The van der Waals surface area contributed by atoms with Crippen LogP contribution >= 0.6 is 0 Å². The topological polar surface area (TPSA) is 82.5 Å². The molecule has 7 heteroatoms. The Bertz CT molecular complexity index is 853. The second-order valence-corrected chi connectivity index (χ2v) is 6.61. The van der Waals surface area contributed by atoms with Gasteiger partial charge in [-0.05, 0) is 30.7 Å². The number of carbonyl (C=O) groups is 1. The zero-order chi connectivity index (χ0) is 18.7. The zero-order valence-electron chi connectivity index (χ0n) is 15.2. The summed E-state index contributed by atoms with van der Waals surface area (Å²) in [6.45, 7) is 2.03. The van der Waals surface area contributed by atoms with Gasteiger partial charge in [0, 0.05) is 30.0 Å². The third-order valence-corrected chi connectivity index (χ3v) is 4.54. The van der Waals surface area contributed by atoms with Crippen molar-refractivity contribution in [1.82, 2.24) is 9.78 Å². The van der Waals surface area contributed by atoms with E-state index in [0.29, 0.717) is 23.1 Å². The van der Waals surface area contributed by atoms with E-state index in [0.717, 1.165) is 30.5 Å². The molecule has 26 heavy (non-hydrogen) atoms. The fourth-order valence-electron chi connectivity index (χ4n) is 3.14. The van der Waals surface area contributed by atoms with Crippen LogP contribution in [0.15, 0.2) is 29.1 Å². The van der Waals surface area contributed by atoms with E-state index in [1.54, 1.807) is 24.3 Å². The SMILES string of the molecule is COc1cc(NC(=O)Cn2nc3c(cc2=O)CC(C)CC3)cc(OC)c1. The van der Waals surface area contributed by atoms with Crippen molar-refractivity contribution in [1.29, 1.82) is 0 Å². The summed E-state index contributed by atoms with van der Waals surface area (Å²) in [6.07, 6.45) is 2.76. The van der Waals surface area contributed by atoms with Crippen LogP contribution in [0.25, 0.3) is 0 Å². The Hall–Kier alpha value is -2.83. The minimum atomic E-state index is -0.334. The van der Waals surface area contributed by atoms with Gasteiger partial charge in [-0.2, -0.15) is 5.10 Å². The lowest BCUT2D eigenvalue weighted by Gasteiger charge is -2.20. The van der Waals surface area contributed by atoms with Crippen molar-refractivity contribution in [2.75, 3.05) is 19.5 Å². The summed E-state index contributed by atoms with van der Waals surface area (Å²) < 4.78 is 11.6. The van der Waals surface area contributed by atoms with Crippen molar-refractivity contribution in [3.8, 4) is 11.5 Å². The largest absolute Gasteiger partial charge is 0.497 e. The number of aryl methyl sites for hydroxylation is 1. The Balaban J connectivity index is 1.76. The van der Waals surface area contributed by atoms with Gasteiger partial charge >= 0.3 is 0 Å². The van der Waals surface area contributed by atoms with E-state index in [1.165, 1.54) is 18.9 Å². The third-order valence-electron chi connectivity index (χ3n) is 4.54. The monoisotopic (exact) mass is 357 g/mol. The van der Waals surface area contributed by atoms with Crippen molar-refractivity contribution < 1.29 is 14.3 Å². The number of anilines is 1. The van der Waals surface area contributed by atoms with Gasteiger partial charge < -0.3 is 14.8 Å². The lowest BCUT2D eigenvalue weighted by Crippen LogP contribution is -2.32. The number of benzene rings is 1. The first-order valence-corrected chi connectivity index (χ1v) is 8.61. The van der Waals surface area contributed by atoms with Gasteiger partial charge in [0.25, 0.3) is 5.56 Å². The number of amides is 1. The third kappa shape index (κ3) is 4.04. The molecule has 0 radical (unpaired) electrons. The van der Waals surface area contributed by atoms with Crippen LogP contribution in [0, 0.1) is 5.92 Å². The number of rotatable bonds is 5. The number of hydrogen-bond acceptors (Lipinski definition) is 5. The van der Waals surface area contributed by atoms with E-state index < -0.39 is 0 Å². The Labute approximate surface area is 151 Å². The second-order valence-electron chi connectivity index (χ2n) is 6.61.